The van der Waals surface area contributed by atoms with Crippen molar-refractivity contribution in [3.63, 3.8) is 0 Å². The highest BCUT2D eigenvalue weighted by Crippen LogP contribution is 2.53. The number of benzene rings is 1. The lowest BCUT2D eigenvalue weighted by atomic mass is 9.58. The Morgan fingerprint density at radius 1 is 1.45 bits per heavy atom. The molecule has 118 valence electrons. The highest BCUT2D eigenvalue weighted by atomic mass is 16.5. The van der Waals surface area contributed by atoms with Crippen LogP contribution in [0.4, 0.5) is 0 Å². The number of carbonyl (C=O) groups excluding carboxylic acids is 1. The quantitative estimate of drug-likeness (QED) is 0.842. The van der Waals surface area contributed by atoms with Crippen molar-refractivity contribution >= 4 is 5.78 Å². The zero-order valence-corrected chi connectivity index (χ0v) is 13.4. The minimum atomic E-state index is -0.408. The largest absolute Gasteiger partial charge is 0.504 e. The van der Waals surface area contributed by atoms with Crippen LogP contribution in [0.1, 0.15) is 37.3 Å². The molecular weight excluding hydrogens is 278 g/mol. The summed E-state index contributed by atoms with van der Waals surface area (Å²) in [7, 11) is 3.51. The van der Waals surface area contributed by atoms with Gasteiger partial charge in [-0.2, -0.15) is 0 Å². The van der Waals surface area contributed by atoms with Gasteiger partial charge in [-0.25, -0.2) is 0 Å². The van der Waals surface area contributed by atoms with Crippen molar-refractivity contribution in [2.45, 2.75) is 44.1 Å². The fourth-order valence-corrected chi connectivity index (χ4v) is 4.21. The van der Waals surface area contributed by atoms with Gasteiger partial charge in [0, 0.05) is 29.9 Å². The summed E-state index contributed by atoms with van der Waals surface area (Å²) in [6.07, 6.45) is 4.64. The van der Waals surface area contributed by atoms with Crippen LogP contribution in [0.2, 0.25) is 0 Å². The van der Waals surface area contributed by atoms with Gasteiger partial charge in [-0.1, -0.05) is 19.1 Å². The molecule has 0 unspecified atom stereocenters. The topological polar surface area (TPSA) is 58.6 Å². The molecule has 2 aliphatic rings. The van der Waals surface area contributed by atoms with Crippen LogP contribution in [0.15, 0.2) is 23.8 Å². The zero-order valence-electron chi connectivity index (χ0n) is 13.4. The molecule has 0 radical (unpaired) electrons. The van der Waals surface area contributed by atoms with E-state index in [2.05, 4.69) is 18.3 Å². The standard InChI is InChI=1S/C18H23NO3/c1-4-18-10-12(20)6-7-13(18)14(19-2)9-11-5-8-15(22-3)17(21)16(11)18/h5,7-8,14,19,21H,4,6,9-10H2,1-3H3/t14-,18+/m1/s1. The van der Waals surface area contributed by atoms with Gasteiger partial charge in [0.2, 0.25) is 0 Å². The number of phenols is 1. The number of hydrogen-bond acceptors (Lipinski definition) is 4. The molecule has 0 amide bonds. The summed E-state index contributed by atoms with van der Waals surface area (Å²) in [5, 5.41) is 14.1. The maximum atomic E-state index is 12.2. The molecule has 0 spiro atoms. The number of likely N-dealkylation sites (N-methyl/N-ethyl adjacent to an activating group) is 1. The van der Waals surface area contributed by atoms with Crippen LogP contribution in [0, 0.1) is 0 Å². The molecule has 1 aromatic carbocycles. The number of ether oxygens (including phenoxy) is 1. The molecule has 2 N–H and O–H groups in total. The zero-order chi connectivity index (χ0) is 15.9. The van der Waals surface area contributed by atoms with E-state index in [0.29, 0.717) is 18.6 Å². The van der Waals surface area contributed by atoms with Gasteiger partial charge in [0.25, 0.3) is 0 Å². The fraction of sp³-hybridized carbons (Fsp3) is 0.500. The van der Waals surface area contributed by atoms with Crippen LogP contribution in [0.3, 0.4) is 0 Å². The van der Waals surface area contributed by atoms with Gasteiger partial charge in [-0.15, -0.1) is 0 Å². The predicted molar refractivity (Wildman–Crippen MR) is 85.5 cm³/mol. The monoisotopic (exact) mass is 301 g/mol. The third-order valence-electron chi connectivity index (χ3n) is 5.28. The molecule has 0 bridgehead atoms. The maximum Gasteiger partial charge on any atom is 0.162 e. The van der Waals surface area contributed by atoms with E-state index in [1.54, 1.807) is 7.11 Å². The summed E-state index contributed by atoms with van der Waals surface area (Å²) in [5.74, 6) is 0.902. The lowest BCUT2D eigenvalue weighted by Crippen LogP contribution is -2.48. The van der Waals surface area contributed by atoms with Gasteiger partial charge >= 0.3 is 0 Å². The van der Waals surface area contributed by atoms with Crippen molar-refractivity contribution in [1.29, 1.82) is 0 Å². The Morgan fingerprint density at radius 3 is 2.86 bits per heavy atom. The molecule has 3 rings (SSSR count). The van der Waals surface area contributed by atoms with Gasteiger partial charge in [-0.05, 0) is 37.1 Å². The van der Waals surface area contributed by atoms with E-state index >= 15 is 0 Å². The van der Waals surface area contributed by atoms with Gasteiger partial charge in [-0.3, -0.25) is 4.79 Å². The van der Waals surface area contributed by atoms with Gasteiger partial charge in [0.1, 0.15) is 5.78 Å². The first-order chi connectivity index (χ1) is 10.6. The molecule has 4 heteroatoms. The lowest BCUT2D eigenvalue weighted by molar-refractivity contribution is -0.119. The second-order valence-electron chi connectivity index (χ2n) is 6.21. The molecule has 2 aliphatic carbocycles. The number of ketones is 1. The molecule has 4 nitrogen and oxygen atoms in total. The number of carbonyl (C=O) groups is 1. The van der Waals surface area contributed by atoms with E-state index in [1.165, 1.54) is 5.57 Å². The summed E-state index contributed by atoms with van der Waals surface area (Å²) in [5.41, 5.74) is 2.83. The summed E-state index contributed by atoms with van der Waals surface area (Å²) < 4.78 is 5.29. The average Bonchev–Trinajstić information content (AvgIpc) is 2.53. The summed E-state index contributed by atoms with van der Waals surface area (Å²) in [6.45, 7) is 2.09. The summed E-state index contributed by atoms with van der Waals surface area (Å²) >= 11 is 0. The minimum absolute atomic E-state index is 0.192. The van der Waals surface area contributed by atoms with Gasteiger partial charge in [0.05, 0.1) is 7.11 Å². The molecular formula is C18H23NO3. The van der Waals surface area contributed by atoms with E-state index < -0.39 is 5.41 Å². The molecule has 0 heterocycles. The third kappa shape index (κ3) is 1.97. The number of methoxy groups -OCH3 is 1. The highest BCUT2D eigenvalue weighted by molar-refractivity contribution is 5.85. The van der Waals surface area contributed by atoms with Crippen molar-refractivity contribution < 1.29 is 14.6 Å². The second-order valence-corrected chi connectivity index (χ2v) is 6.21. The van der Waals surface area contributed by atoms with Crippen LogP contribution < -0.4 is 10.1 Å². The summed E-state index contributed by atoms with van der Waals surface area (Å²) in [6, 6.07) is 4.04. The van der Waals surface area contributed by atoms with E-state index in [1.807, 2.05) is 19.2 Å². The Morgan fingerprint density at radius 2 is 2.23 bits per heavy atom. The van der Waals surface area contributed by atoms with Gasteiger partial charge < -0.3 is 15.2 Å². The maximum absolute atomic E-state index is 12.2. The van der Waals surface area contributed by atoms with E-state index in [4.69, 9.17) is 4.74 Å². The third-order valence-corrected chi connectivity index (χ3v) is 5.28. The Hall–Kier alpha value is -1.81. The number of phenolic OH excluding ortho intramolecular Hbond substituents is 1. The number of rotatable bonds is 3. The number of fused-ring (bicyclic) bond motifs is 3. The van der Waals surface area contributed by atoms with Crippen LogP contribution in [-0.4, -0.2) is 31.1 Å². The smallest absolute Gasteiger partial charge is 0.162 e. The summed E-state index contributed by atoms with van der Waals surface area (Å²) in [4.78, 5) is 12.2. The SMILES string of the molecule is CC[C@]12CC(=O)CC=C1[C@H](NC)Cc1ccc(OC)c(O)c12. The Labute approximate surface area is 131 Å². The number of nitrogens with one attached hydrogen (secondary N) is 1. The second kappa shape index (κ2) is 5.43. The van der Waals surface area contributed by atoms with Crippen molar-refractivity contribution in [1.82, 2.24) is 5.32 Å². The first kappa shape index (κ1) is 15.1. The van der Waals surface area contributed by atoms with Crippen molar-refractivity contribution in [3.05, 3.63) is 34.9 Å². The van der Waals surface area contributed by atoms with Crippen LogP contribution in [0.5, 0.6) is 11.5 Å². The molecule has 0 aliphatic heterocycles. The Balaban J connectivity index is 2.30. The molecule has 1 aromatic rings. The van der Waals surface area contributed by atoms with E-state index in [9.17, 15) is 9.90 Å². The Kier molecular flexibility index (Phi) is 3.73. The first-order valence-electron chi connectivity index (χ1n) is 7.86. The van der Waals surface area contributed by atoms with Crippen molar-refractivity contribution in [2.75, 3.05) is 14.2 Å². The molecule has 0 saturated heterocycles. The molecule has 0 saturated carbocycles. The molecule has 2 atom stereocenters. The number of allylic oxidation sites excluding steroid dienone is 1. The Bertz CT molecular complexity index is 650. The van der Waals surface area contributed by atoms with Crippen molar-refractivity contribution in [2.24, 2.45) is 0 Å². The van der Waals surface area contributed by atoms with Crippen LogP contribution >= 0.6 is 0 Å². The number of hydrogen-bond donors (Lipinski definition) is 2. The highest BCUT2D eigenvalue weighted by Gasteiger charge is 2.48. The molecule has 22 heavy (non-hydrogen) atoms. The fourth-order valence-electron chi connectivity index (χ4n) is 4.21. The normalized spacial score (nSPS) is 27.0. The van der Waals surface area contributed by atoms with Crippen LogP contribution in [0.25, 0.3) is 0 Å². The van der Waals surface area contributed by atoms with E-state index in [-0.39, 0.29) is 17.6 Å². The lowest BCUT2D eigenvalue weighted by Gasteiger charge is -2.46. The van der Waals surface area contributed by atoms with Crippen LogP contribution in [-0.2, 0) is 16.6 Å². The van der Waals surface area contributed by atoms with Gasteiger partial charge in [0.15, 0.2) is 11.5 Å². The molecule has 0 fully saturated rings. The predicted octanol–water partition coefficient (Wildman–Crippen LogP) is 2.48. The number of aromatic hydroxyl groups is 1. The molecule has 0 aromatic heterocycles. The first-order valence-corrected chi connectivity index (χ1v) is 7.86. The number of Topliss-reactive ketones (excluding diaryl/α,β-unsaturated/α-hetero) is 1. The average molecular weight is 301 g/mol. The van der Waals surface area contributed by atoms with Crippen molar-refractivity contribution in [3.8, 4) is 11.5 Å². The minimum Gasteiger partial charge on any atom is -0.504 e. The van der Waals surface area contributed by atoms with E-state index in [0.717, 1.165) is 24.0 Å².